The Hall–Kier alpha value is -3.53. The molecule has 0 radical (unpaired) electrons. The highest BCUT2D eigenvalue weighted by Gasteiger charge is 2.40. The first kappa shape index (κ1) is 20.2. The Morgan fingerprint density at radius 3 is 2.66 bits per heavy atom. The van der Waals surface area contributed by atoms with Crippen molar-refractivity contribution in [2.75, 3.05) is 30.5 Å². The number of rotatable bonds is 6. The van der Waals surface area contributed by atoms with Crippen LogP contribution in [0.25, 0.3) is 0 Å². The molecule has 0 saturated carbocycles. The number of hydrogen-bond acceptors (Lipinski definition) is 7. The number of nitro benzene ring substituents is 1. The fourth-order valence-electron chi connectivity index (χ4n) is 3.05. The van der Waals surface area contributed by atoms with Gasteiger partial charge in [-0.25, -0.2) is 4.79 Å². The number of nitrogens with zero attached hydrogens (tertiary/aromatic N) is 3. The fourth-order valence-corrected chi connectivity index (χ4v) is 3.05. The Morgan fingerprint density at radius 1 is 1.34 bits per heavy atom. The van der Waals surface area contributed by atoms with Crippen LogP contribution in [0.3, 0.4) is 0 Å². The van der Waals surface area contributed by atoms with Gasteiger partial charge in [-0.3, -0.25) is 24.8 Å². The molecule has 0 atom stereocenters. The number of ether oxygens (including phenoxy) is 2. The standard InChI is InChI=1S/C19H20N4O6/c1-19(2)13-10-14(21-17(24)12-4-6-20-7-5-12)16(23(26)27)11-15(13)22(8-9-28-3)18(25)29-19/h4-7,10-11H,8-9H2,1-3H3,(H,21,24). The van der Waals surface area contributed by atoms with Gasteiger partial charge in [0.05, 0.1) is 23.8 Å². The van der Waals surface area contributed by atoms with Crippen LogP contribution in [0.5, 0.6) is 0 Å². The largest absolute Gasteiger partial charge is 0.438 e. The molecule has 10 heteroatoms. The van der Waals surface area contributed by atoms with E-state index >= 15 is 0 Å². The Kier molecular flexibility index (Phi) is 5.46. The Bertz CT molecular complexity index is 961. The van der Waals surface area contributed by atoms with E-state index in [0.29, 0.717) is 16.8 Å². The molecule has 0 spiro atoms. The van der Waals surface area contributed by atoms with Crippen LogP contribution in [0.15, 0.2) is 36.7 Å². The van der Waals surface area contributed by atoms with E-state index in [1.54, 1.807) is 13.8 Å². The van der Waals surface area contributed by atoms with Crippen molar-refractivity contribution in [1.29, 1.82) is 0 Å². The summed E-state index contributed by atoms with van der Waals surface area (Å²) in [6.45, 7) is 3.75. The number of hydrogen-bond donors (Lipinski definition) is 1. The minimum atomic E-state index is -1.04. The second-order valence-corrected chi connectivity index (χ2v) is 6.86. The molecule has 0 saturated heterocycles. The number of anilines is 2. The highest BCUT2D eigenvalue weighted by atomic mass is 16.6. The molecule has 0 fully saturated rings. The number of carbonyl (C=O) groups is 2. The molecule has 2 amide bonds. The second-order valence-electron chi connectivity index (χ2n) is 6.86. The van der Waals surface area contributed by atoms with Crippen molar-refractivity contribution in [2.45, 2.75) is 19.4 Å². The van der Waals surface area contributed by atoms with E-state index in [1.807, 2.05) is 0 Å². The van der Waals surface area contributed by atoms with Crippen LogP contribution in [-0.4, -0.2) is 42.2 Å². The van der Waals surface area contributed by atoms with E-state index in [1.165, 1.54) is 48.7 Å². The van der Waals surface area contributed by atoms with Gasteiger partial charge in [-0.05, 0) is 32.0 Å². The van der Waals surface area contributed by atoms with Crippen molar-refractivity contribution in [3.63, 3.8) is 0 Å². The number of amides is 2. The minimum Gasteiger partial charge on any atom is -0.438 e. The molecule has 1 aliphatic rings. The number of fused-ring (bicyclic) bond motifs is 1. The van der Waals surface area contributed by atoms with Gasteiger partial charge >= 0.3 is 6.09 Å². The number of cyclic esters (lactones) is 1. The molecule has 29 heavy (non-hydrogen) atoms. The van der Waals surface area contributed by atoms with Crippen LogP contribution in [0.2, 0.25) is 0 Å². The molecular weight excluding hydrogens is 380 g/mol. The maximum absolute atomic E-state index is 12.5. The summed E-state index contributed by atoms with van der Waals surface area (Å²) in [6, 6.07) is 5.74. The lowest BCUT2D eigenvalue weighted by molar-refractivity contribution is -0.383. The van der Waals surface area contributed by atoms with Crippen molar-refractivity contribution >= 4 is 29.1 Å². The van der Waals surface area contributed by atoms with Gasteiger partial charge in [0.1, 0.15) is 11.3 Å². The molecule has 2 heterocycles. The van der Waals surface area contributed by atoms with E-state index in [9.17, 15) is 19.7 Å². The van der Waals surface area contributed by atoms with Crippen LogP contribution < -0.4 is 10.2 Å². The maximum Gasteiger partial charge on any atom is 0.415 e. The predicted octanol–water partition coefficient (Wildman–Crippen LogP) is 3.08. The molecule has 1 aromatic heterocycles. The van der Waals surface area contributed by atoms with E-state index in [4.69, 9.17) is 9.47 Å². The van der Waals surface area contributed by atoms with Gasteiger partial charge < -0.3 is 14.8 Å². The molecule has 1 aliphatic heterocycles. The summed E-state index contributed by atoms with van der Waals surface area (Å²) in [6.07, 6.45) is 2.28. The third kappa shape index (κ3) is 4.02. The van der Waals surface area contributed by atoms with Gasteiger partial charge in [0.2, 0.25) is 0 Å². The highest BCUT2D eigenvalue weighted by Crippen LogP contribution is 2.43. The van der Waals surface area contributed by atoms with Gasteiger partial charge in [0, 0.05) is 36.7 Å². The van der Waals surface area contributed by atoms with Crippen molar-refractivity contribution in [3.8, 4) is 0 Å². The van der Waals surface area contributed by atoms with Gasteiger partial charge in [0.25, 0.3) is 11.6 Å². The van der Waals surface area contributed by atoms with E-state index < -0.39 is 22.5 Å². The number of nitrogens with one attached hydrogen (secondary N) is 1. The number of pyridine rings is 1. The maximum atomic E-state index is 12.5. The van der Waals surface area contributed by atoms with E-state index in [-0.39, 0.29) is 24.5 Å². The Balaban J connectivity index is 2.08. The zero-order valence-corrected chi connectivity index (χ0v) is 16.2. The summed E-state index contributed by atoms with van der Waals surface area (Å²) in [5, 5.41) is 14.2. The summed E-state index contributed by atoms with van der Waals surface area (Å²) < 4.78 is 10.5. The van der Waals surface area contributed by atoms with Crippen molar-refractivity contribution in [1.82, 2.24) is 4.98 Å². The number of carbonyl (C=O) groups excluding carboxylic acids is 2. The summed E-state index contributed by atoms with van der Waals surface area (Å²) in [7, 11) is 1.49. The second kappa shape index (κ2) is 7.84. The predicted molar refractivity (Wildman–Crippen MR) is 104 cm³/mol. The average molecular weight is 400 g/mol. The molecule has 10 nitrogen and oxygen atoms in total. The molecule has 0 bridgehead atoms. The summed E-state index contributed by atoms with van der Waals surface area (Å²) in [5.74, 6) is -0.516. The normalized spacial score (nSPS) is 14.7. The van der Waals surface area contributed by atoms with Gasteiger partial charge in [0.15, 0.2) is 0 Å². The first-order valence-electron chi connectivity index (χ1n) is 8.78. The Morgan fingerprint density at radius 2 is 2.03 bits per heavy atom. The zero-order chi connectivity index (χ0) is 21.2. The van der Waals surface area contributed by atoms with E-state index in [2.05, 4.69) is 10.3 Å². The average Bonchev–Trinajstić information content (AvgIpc) is 2.68. The first-order valence-corrected chi connectivity index (χ1v) is 8.78. The molecule has 1 N–H and O–H groups in total. The smallest absolute Gasteiger partial charge is 0.415 e. The molecule has 2 aromatic rings. The Labute approximate surface area is 166 Å². The van der Waals surface area contributed by atoms with Gasteiger partial charge in [-0.15, -0.1) is 0 Å². The highest BCUT2D eigenvalue weighted by molar-refractivity contribution is 6.06. The molecule has 3 rings (SSSR count). The third-order valence-electron chi connectivity index (χ3n) is 4.52. The quantitative estimate of drug-likeness (QED) is 0.583. The summed E-state index contributed by atoms with van der Waals surface area (Å²) in [5.41, 5.74) is -0.186. The van der Waals surface area contributed by atoms with Crippen molar-refractivity contribution in [2.24, 2.45) is 0 Å². The minimum absolute atomic E-state index is 0.00766. The van der Waals surface area contributed by atoms with Crippen molar-refractivity contribution < 1.29 is 24.0 Å². The van der Waals surface area contributed by atoms with E-state index in [0.717, 1.165) is 0 Å². The number of aromatic nitrogens is 1. The van der Waals surface area contributed by atoms with Gasteiger partial charge in [-0.2, -0.15) is 0 Å². The number of benzene rings is 1. The summed E-state index contributed by atoms with van der Waals surface area (Å²) >= 11 is 0. The van der Waals surface area contributed by atoms with Crippen LogP contribution in [0, 0.1) is 10.1 Å². The van der Waals surface area contributed by atoms with Crippen LogP contribution >= 0.6 is 0 Å². The lowest BCUT2D eigenvalue weighted by Gasteiger charge is -2.38. The van der Waals surface area contributed by atoms with Crippen molar-refractivity contribution in [3.05, 3.63) is 57.9 Å². The monoisotopic (exact) mass is 400 g/mol. The van der Waals surface area contributed by atoms with Crippen LogP contribution in [0.4, 0.5) is 21.9 Å². The fraction of sp³-hybridized carbons (Fsp3) is 0.316. The lowest BCUT2D eigenvalue weighted by Crippen LogP contribution is -2.44. The van der Waals surface area contributed by atoms with Crippen LogP contribution in [-0.2, 0) is 15.1 Å². The van der Waals surface area contributed by atoms with Gasteiger partial charge in [-0.1, -0.05) is 0 Å². The van der Waals surface area contributed by atoms with Crippen LogP contribution in [0.1, 0.15) is 29.8 Å². The lowest BCUT2D eigenvalue weighted by atomic mass is 9.92. The molecule has 0 aliphatic carbocycles. The SMILES string of the molecule is COCCN1C(=O)OC(C)(C)c2cc(NC(=O)c3ccncc3)c([N+](=O)[O-])cc21. The summed E-state index contributed by atoms with van der Waals surface area (Å²) in [4.78, 5) is 41.1. The third-order valence-corrected chi connectivity index (χ3v) is 4.52. The molecule has 0 unspecified atom stereocenters. The molecular formula is C19H20N4O6. The first-order chi connectivity index (χ1) is 13.7. The zero-order valence-electron chi connectivity index (χ0n) is 16.2. The number of nitro groups is 1. The molecule has 152 valence electrons. The molecule has 1 aromatic carbocycles. The topological polar surface area (TPSA) is 124 Å². The number of methoxy groups -OCH3 is 1.